The zero-order valence-corrected chi connectivity index (χ0v) is 10.7. The van der Waals surface area contributed by atoms with Crippen molar-refractivity contribution in [3.63, 3.8) is 0 Å². The van der Waals surface area contributed by atoms with Gasteiger partial charge in [-0.3, -0.25) is 0 Å². The Balaban J connectivity index is 2.01. The lowest BCUT2D eigenvalue weighted by atomic mass is 10.1. The molecule has 0 saturated carbocycles. The summed E-state index contributed by atoms with van der Waals surface area (Å²) in [6.07, 6.45) is 4.93. The molecule has 1 aromatic heterocycles. The van der Waals surface area contributed by atoms with E-state index >= 15 is 0 Å². The van der Waals surface area contributed by atoms with Gasteiger partial charge in [0, 0.05) is 23.8 Å². The molecule has 0 aliphatic carbocycles. The normalized spacial score (nSPS) is 21.2. The SMILES string of the molecule is Cc1csc(N2CCCC2CCCCl)n1. The van der Waals surface area contributed by atoms with Crippen LogP contribution in [0.5, 0.6) is 0 Å². The van der Waals surface area contributed by atoms with Crippen LogP contribution in [0, 0.1) is 6.92 Å². The van der Waals surface area contributed by atoms with Crippen LogP contribution in [0.2, 0.25) is 0 Å². The summed E-state index contributed by atoms with van der Waals surface area (Å²) < 4.78 is 0. The molecule has 1 fully saturated rings. The molecule has 1 aliphatic heterocycles. The van der Waals surface area contributed by atoms with E-state index in [9.17, 15) is 0 Å². The maximum absolute atomic E-state index is 5.75. The lowest BCUT2D eigenvalue weighted by Crippen LogP contribution is -2.29. The van der Waals surface area contributed by atoms with Crippen molar-refractivity contribution in [2.75, 3.05) is 17.3 Å². The Bertz CT molecular complexity index is 313. The molecule has 0 radical (unpaired) electrons. The first-order chi connectivity index (χ1) is 7.31. The van der Waals surface area contributed by atoms with Gasteiger partial charge in [-0.1, -0.05) is 0 Å². The van der Waals surface area contributed by atoms with Gasteiger partial charge < -0.3 is 4.90 Å². The van der Waals surface area contributed by atoms with Gasteiger partial charge in [0.1, 0.15) is 0 Å². The van der Waals surface area contributed by atoms with Crippen LogP contribution in [0.4, 0.5) is 5.13 Å². The first-order valence-electron chi connectivity index (χ1n) is 5.56. The van der Waals surface area contributed by atoms with E-state index in [-0.39, 0.29) is 0 Å². The molecule has 15 heavy (non-hydrogen) atoms. The first-order valence-corrected chi connectivity index (χ1v) is 6.97. The number of hydrogen-bond acceptors (Lipinski definition) is 3. The molecule has 0 spiro atoms. The molecule has 2 nitrogen and oxygen atoms in total. The Kier molecular flexibility index (Phi) is 3.87. The Morgan fingerprint density at radius 1 is 1.67 bits per heavy atom. The second kappa shape index (κ2) is 5.17. The van der Waals surface area contributed by atoms with Crippen molar-refractivity contribution < 1.29 is 0 Å². The number of aryl methyl sites for hydroxylation is 1. The largest absolute Gasteiger partial charge is 0.345 e. The second-order valence-electron chi connectivity index (χ2n) is 4.09. The summed E-state index contributed by atoms with van der Waals surface area (Å²) in [4.78, 5) is 7.02. The van der Waals surface area contributed by atoms with Crippen molar-refractivity contribution >= 4 is 28.1 Å². The highest BCUT2D eigenvalue weighted by molar-refractivity contribution is 7.13. The minimum Gasteiger partial charge on any atom is -0.345 e. The Hall–Kier alpha value is -0.280. The molecule has 0 aromatic carbocycles. The number of rotatable bonds is 4. The highest BCUT2D eigenvalue weighted by atomic mass is 35.5. The quantitative estimate of drug-likeness (QED) is 0.755. The Morgan fingerprint density at radius 2 is 2.53 bits per heavy atom. The van der Waals surface area contributed by atoms with Gasteiger partial charge in [-0.25, -0.2) is 4.98 Å². The van der Waals surface area contributed by atoms with Crippen molar-refractivity contribution in [3.8, 4) is 0 Å². The van der Waals surface area contributed by atoms with E-state index in [1.54, 1.807) is 11.3 Å². The van der Waals surface area contributed by atoms with Crippen LogP contribution in [0.15, 0.2) is 5.38 Å². The summed E-state index contributed by atoms with van der Waals surface area (Å²) in [5.74, 6) is 0.779. The van der Waals surface area contributed by atoms with Gasteiger partial charge in [-0.2, -0.15) is 0 Å². The van der Waals surface area contributed by atoms with E-state index in [4.69, 9.17) is 11.6 Å². The molecule has 0 bridgehead atoms. The maximum atomic E-state index is 5.75. The summed E-state index contributed by atoms with van der Waals surface area (Å²) >= 11 is 7.51. The molecular weight excluding hydrogens is 228 g/mol. The van der Waals surface area contributed by atoms with E-state index in [2.05, 4.69) is 22.2 Å². The number of halogens is 1. The Morgan fingerprint density at radius 3 is 3.20 bits per heavy atom. The topological polar surface area (TPSA) is 16.1 Å². The van der Waals surface area contributed by atoms with Crippen LogP contribution in [0.1, 0.15) is 31.4 Å². The minimum atomic E-state index is 0.675. The standard InChI is InChI=1S/C11H17ClN2S/c1-9-8-15-11(13-9)14-7-3-5-10(14)4-2-6-12/h8,10H,2-7H2,1H3. The number of alkyl halides is 1. The molecule has 2 rings (SSSR count). The van der Waals surface area contributed by atoms with Gasteiger partial charge in [0.25, 0.3) is 0 Å². The van der Waals surface area contributed by atoms with Gasteiger partial charge >= 0.3 is 0 Å². The summed E-state index contributed by atoms with van der Waals surface area (Å²) in [5, 5.41) is 3.33. The summed E-state index contributed by atoms with van der Waals surface area (Å²) in [7, 11) is 0. The van der Waals surface area contributed by atoms with Crippen LogP contribution < -0.4 is 4.90 Å². The van der Waals surface area contributed by atoms with Crippen molar-refractivity contribution in [1.82, 2.24) is 4.98 Å². The highest BCUT2D eigenvalue weighted by Gasteiger charge is 2.25. The lowest BCUT2D eigenvalue weighted by Gasteiger charge is -2.23. The number of aromatic nitrogens is 1. The fraction of sp³-hybridized carbons (Fsp3) is 0.727. The van der Waals surface area contributed by atoms with Crippen LogP contribution in [0.3, 0.4) is 0 Å². The smallest absolute Gasteiger partial charge is 0.185 e. The third-order valence-corrected chi connectivity index (χ3v) is 4.16. The fourth-order valence-electron chi connectivity index (χ4n) is 2.17. The van der Waals surface area contributed by atoms with E-state index < -0.39 is 0 Å². The number of nitrogens with zero attached hydrogens (tertiary/aromatic N) is 2. The number of thiazole rings is 1. The summed E-state index contributed by atoms with van der Waals surface area (Å²) in [6, 6.07) is 0.675. The van der Waals surface area contributed by atoms with Crippen LogP contribution in [0.25, 0.3) is 0 Å². The van der Waals surface area contributed by atoms with E-state index in [1.807, 2.05) is 0 Å². The predicted octanol–water partition coefficient (Wildman–Crippen LogP) is 3.44. The molecule has 1 atom stereocenters. The zero-order valence-electron chi connectivity index (χ0n) is 9.08. The molecule has 1 aliphatic rings. The third-order valence-electron chi connectivity index (χ3n) is 2.90. The summed E-state index contributed by atoms with van der Waals surface area (Å²) in [5.41, 5.74) is 1.14. The fourth-order valence-corrected chi connectivity index (χ4v) is 3.23. The predicted molar refractivity (Wildman–Crippen MR) is 67.2 cm³/mol. The maximum Gasteiger partial charge on any atom is 0.185 e. The van der Waals surface area contributed by atoms with Crippen molar-refractivity contribution in [3.05, 3.63) is 11.1 Å². The average Bonchev–Trinajstić information content (AvgIpc) is 2.82. The molecule has 0 N–H and O–H groups in total. The summed E-state index contributed by atoms with van der Waals surface area (Å²) in [6.45, 7) is 3.23. The van der Waals surface area contributed by atoms with Gasteiger partial charge in [0.15, 0.2) is 5.13 Å². The molecular formula is C11H17ClN2S. The van der Waals surface area contributed by atoms with E-state index in [0.29, 0.717) is 6.04 Å². The van der Waals surface area contributed by atoms with Crippen molar-refractivity contribution in [2.45, 2.75) is 38.6 Å². The monoisotopic (exact) mass is 244 g/mol. The van der Waals surface area contributed by atoms with E-state index in [1.165, 1.54) is 30.9 Å². The van der Waals surface area contributed by atoms with Crippen LogP contribution in [-0.4, -0.2) is 23.5 Å². The number of hydrogen-bond donors (Lipinski definition) is 0. The molecule has 1 unspecified atom stereocenters. The van der Waals surface area contributed by atoms with Gasteiger partial charge in [0.2, 0.25) is 0 Å². The average molecular weight is 245 g/mol. The molecule has 0 amide bonds. The van der Waals surface area contributed by atoms with Gasteiger partial charge in [-0.15, -0.1) is 22.9 Å². The Labute approximate surface area is 100 Å². The first kappa shape index (κ1) is 11.2. The minimum absolute atomic E-state index is 0.675. The lowest BCUT2D eigenvalue weighted by molar-refractivity contribution is 0.601. The van der Waals surface area contributed by atoms with Crippen molar-refractivity contribution in [2.24, 2.45) is 0 Å². The van der Waals surface area contributed by atoms with E-state index in [0.717, 1.165) is 18.0 Å². The second-order valence-corrected chi connectivity index (χ2v) is 5.31. The molecule has 4 heteroatoms. The number of anilines is 1. The molecule has 1 aromatic rings. The van der Waals surface area contributed by atoms with Crippen LogP contribution >= 0.6 is 22.9 Å². The van der Waals surface area contributed by atoms with Crippen LogP contribution in [-0.2, 0) is 0 Å². The van der Waals surface area contributed by atoms with Crippen molar-refractivity contribution in [1.29, 1.82) is 0 Å². The highest BCUT2D eigenvalue weighted by Crippen LogP contribution is 2.30. The zero-order chi connectivity index (χ0) is 10.7. The van der Waals surface area contributed by atoms with Gasteiger partial charge in [-0.05, 0) is 32.6 Å². The third kappa shape index (κ3) is 2.64. The molecule has 2 heterocycles. The molecule has 84 valence electrons. The molecule has 1 saturated heterocycles. The van der Waals surface area contributed by atoms with Gasteiger partial charge in [0.05, 0.1) is 5.69 Å².